The van der Waals surface area contributed by atoms with Crippen LogP contribution in [0.1, 0.15) is 31.1 Å². The van der Waals surface area contributed by atoms with Crippen molar-refractivity contribution in [1.82, 2.24) is 10.1 Å². The highest BCUT2D eigenvalue weighted by molar-refractivity contribution is 9.10. The summed E-state index contributed by atoms with van der Waals surface area (Å²) in [6, 6.07) is 0. The van der Waals surface area contributed by atoms with Crippen molar-refractivity contribution in [2.24, 2.45) is 0 Å². The van der Waals surface area contributed by atoms with Crippen molar-refractivity contribution in [3.8, 4) is 0 Å². The van der Waals surface area contributed by atoms with Crippen LogP contribution in [-0.2, 0) is 0 Å². The van der Waals surface area contributed by atoms with Crippen LogP contribution in [0.4, 0.5) is 0 Å². The van der Waals surface area contributed by atoms with Gasteiger partial charge in [-0.3, -0.25) is 0 Å². The van der Waals surface area contributed by atoms with Crippen LogP contribution in [0.2, 0.25) is 0 Å². The molecule has 0 radical (unpaired) electrons. The van der Waals surface area contributed by atoms with E-state index in [-0.39, 0.29) is 0 Å². The Morgan fingerprint density at radius 1 is 1.50 bits per heavy atom. The average molecular weight is 203 g/mol. The molecule has 1 fully saturated rings. The summed E-state index contributed by atoms with van der Waals surface area (Å²) in [5.41, 5.74) is 0. The molecule has 0 unspecified atom stereocenters. The van der Waals surface area contributed by atoms with Gasteiger partial charge in [-0.2, -0.15) is 4.98 Å². The number of nitrogens with zero attached hydrogens (tertiary/aromatic N) is 2. The molecule has 3 nitrogen and oxygen atoms in total. The van der Waals surface area contributed by atoms with Gasteiger partial charge in [0, 0.05) is 5.92 Å². The van der Waals surface area contributed by atoms with Gasteiger partial charge in [0.25, 0.3) is 0 Å². The molecule has 1 aliphatic rings. The number of hydrogen-bond donors (Lipinski definition) is 0. The fourth-order valence-corrected chi connectivity index (χ4v) is 1.28. The van der Waals surface area contributed by atoms with E-state index in [1.165, 1.54) is 19.3 Å². The summed E-state index contributed by atoms with van der Waals surface area (Å²) in [5, 5.41) is 3.65. The monoisotopic (exact) mass is 202 g/mol. The highest BCUT2D eigenvalue weighted by atomic mass is 79.9. The molecule has 4 heteroatoms. The highest BCUT2D eigenvalue weighted by Crippen LogP contribution is 2.35. The lowest BCUT2D eigenvalue weighted by Crippen LogP contribution is -2.08. The summed E-state index contributed by atoms with van der Waals surface area (Å²) in [7, 11) is 0. The van der Waals surface area contributed by atoms with Crippen LogP contribution >= 0.6 is 15.9 Å². The van der Waals surface area contributed by atoms with Gasteiger partial charge >= 0.3 is 0 Å². The minimum absolute atomic E-state index is 0.541. The lowest BCUT2D eigenvalue weighted by Gasteiger charge is -2.20. The van der Waals surface area contributed by atoms with Crippen molar-refractivity contribution in [1.29, 1.82) is 0 Å². The van der Waals surface area contributed by atoms with Crippen LogP contribution in [0.3, 0.4) is 0 Å². The highest BCUT2D eigenvalue weighted by Gasteiger charge is 2.24. The van der Waals surface area contributed by atoms with Crippen molar-refractivity contribution in [2.45, 2.75) is 25.2 Å². The average Bonchev–Trinajstić information content (AvgIpc) is 2.10. The molecule has 1 aromatic heterocycles. The predicted molar refractivity (Wildman–Crippen MR) is 38.6 cm³/mol. The molecule has 1 saturated carbocycles. The molecule has 1 aliphatic carbocycles. The zero-order valence-corrected chi connectivity index (χ0v) is 6.97. The Hall–Kier alpha value is -0.380. The van der Waals surface area contributed by atoms with E-state index in [1.54, 1.807) is 0 Å². The van der Waals surface area contributed by atoms with Gasteiger partial charge < -0.3 is 4.52 Å². The van der Waals surface area contributed by atoms with E-state index in [9.17, 15) is 0 Å². The van der Waals surface area contributed by atoms with E-state index in [0.717, 1.165) is 5.89 Å². The van der Waals surface area contributed by atoms with Crippen LogP contribution in [-0.4, -0.2) is 10.1 Å². The Bertz CT molecular complexity index is 231. The molecule has 0 amide bonds. The quantitative estimate of drug-likeness (QED) is 0.701. The lowest BCUT2D eigenvalue weighted by atomic mass is 9.85. The SMILES string of the molecule is Brc1noc(C2CCC2)n1. The molecule has 2 rings (SSSR count). The maximum absolute atomic E-state index is 4.96. The number of aromatic nitrogens is 2. The molecule has 0 aliphatic heterocycles. The zero-order chi connectivity index (χ0) is 6.97. The van der Waals surface area contributed by atoms with Gasteiger partial charge in [-0.25, -0.2) is 0 Å². The summed E-state index contributed by atoms with van der Waals surface area (Å²) in [6.45, 7) is 0. The van der Waals surface area contributed by atoms with Gasteiger partial charge in [-0.15, -0.1) is 0 Å². The molecule has 0 N–H and O–H groups in total. The second-order valence-electron chi connectivity index (χ2n) is 2.53. The van der Waals surface area contributed by atoms with E-state index < -0.39 is 0 Å². The number of halogens is 1. The van der Waals surface area contributed by atoms with Crippen LogP contribution < -0.4 is 0 Å². The third-order valence-electron chi connectivity index (χ3n) is 1.87. The minimum Gasteiger partial charge on any atom is -0.338 e. The Kier molecular flexibility index (Phi) is 1.48. The van der Waals surface area contributed by atoms with E-state index >= 15 is 0 Å². The van der Waals surface area contributed by atoms with Crippen LogP contribution in [0, 0.1) is 0 Å². The fourth-order valence-electron chi connectivity index (χ4n) is 1.04. The summed E-state index contributed by atoms with van der Waals surface area (Å²) < 4.78 is 5.52. The van der Waals surface area contributed by atoms with E-state index in [2.05, 4.69) is 26.1 Å². The largest absolute Gasteiger partial charge is 0.338 e. The van der Waals surface area contributed by atoms with Crippen molar-refractivity contribution in [3.05, 3.63) is 10.6 Å². The third kappa shape index (κ3) is 0.963. The summed E-state index contributed by atoms with van der Waals surface area (Å²) in [6.07, 6.45) is 3.70. The van der Waals surface area contributed by atoms with Crippen molar-refractivity contribution in [2.75, 3.05) is 0 Å². The molecular weight excluding hydrogens is 196 g/mol. The maximum Gasteiger partial charge on any atom is 0.238 e. The van der Waals surface area contributed by atoms with Gasteiger partial charge in [-0.05, 0) is 33.9 Å². The minimum atomic E-state index is 0.541. The van der Waals surface area contributed by atoms with Gasteiger partial charge in [0.2, 0.25) is 10.6 Å². The fraction of sp³-hybridized carbons (Fsp3) is 0.667. The Balaban J connectivity index is 2.17. The first kappa shape index (κ1) is 6.34. The van der Waals surface area contributed by atoms with E-state index in [1.807, 2.05) is 0 Å². The molecule has 0 saturated heterocycles. The first-order valence-corrected chi connectivity index (χ1v) is 4.14. The lowest BCUT2D eigenvalue weighted by molar-refractivity contribution is 0.291. The summed E-state index contributed by atoms with van der Waals surface area (Å²) in [4.78, 5) is 4.07. The standard InChI is InChI=1S/C6H7BrN2O/c7-6-8-5(10-9-6)4-2-1-3-4/h4H,1-3H2. The van der Waals surface area contributed by atoms with Gasteiger partial charge in [0.15, 0.2) is 0 Å². The van der Waals surface area contributed by atoms with Crippen molar-refractivity contribution < 1.29 is 4.52 Å². The molecule has 0 spiro atoms. The Labute approximate surface area is 66.9 Å². The van der Waals surface area contributed by atoms with Crippen molar-refractivity contribution in [3.63, 3.8) is 0 Å². The molecule has 54 valence electrons. The van der Waals surface area contributed by atoms with Crippen LogP contribution in [0.25, 0.3) is 0 Å². The van der Waals surface area contributed by atoms with E-state index in [0.29, 0.717) is 10.7 Å². The van der Waals surface area contributed by atoms with Gasteiger partial charge in [0.05, 0.1) is 0 Å². The summed E-state index contributed by atoms with van der Waals surface area (Å²) >= 11 is 3.14. The molecule has 0 bridgehead atoms. The number of rotatable bonds is 1. The first-order valence-electron chi connectivity index (χ1n) is 3.35. The maximum atomic E-state index is 4.96. The Morgan fingerprint density at radius 3 is 2.70 bits per heavy atom. The normalized spacial score (nSPS) is 18.9. The zero-order valence-electron chi connectivity index (χ0n) is 5.38. The second kappa shape index (κ2) is 2.34. The van der Waals surface area contributed by atoms with Gasteiger partial charge in [-0.1, -0.05) is 6.42 Å². The first-order chi connectivity index (χ1) is 4.86. The third-order valence-corrected chi connectivity index (χ3v) is 2.19. The van der Waals surface area contributed by atoms with Crippen LogP contribution in [0.15, 0.2) is 9.26 Å². The van der Waals surface area contributed by atoms with Crippen LogP contribution in [0.5, 0.6) is 0 Å². The smallest absolute Gasteiger partial charge is 0.238 e. The summed E-state index contributed by atoms with van der Waals surface area (Å²) in [5.74, 6) is 1.33. The Morgan fingerprint density at radius 2 is 2.30 bits per heavy atom. The number of hydrogen-bond acceptors (Lipinski definition) is 3. The molecule has 1 aromatic rings. The predicted octanol–water partition coefficient (Wildman–Crippen LogP) is 2.10. The molecular formula is C6H7BrN2O. The molecule has 10 heavy (non-hydrogen) atoms. The molecule has 0 atom stereocenters. The molecule has 0 aromatic carbocycles. The second-order valence-corrected chi connectivity index (χ2v) is 3.24. The topological polar surface area (TPSA) is 38.9 Å². The van der Waals surface area contributed by atoms with Crippen molar-refractivity contribution >= 4 is 15.9 Å². The molecule has 1 heterocycles. The van der Waals surface area contributed by atoms with Gasteiger partial charge in [0.1, 0.15) is 0 Å². The van der Waals surface area contributed by atoms with E-state index in [4.69, 9.17) is 4.52 Å².